The van der Waals surface area contributed by atoms with Crippen LogP contribution in [-0.4, -0.2) is 15.5 Å². The quantitative estimate of drug-likeness (QED) is 0.712. The summed E-state index contributed by atoms with van der Waals surface area (Å²) < 4.78 is 1.62. The largest absolute Gasteiger partial charge is 0.348 e. The minimum atomic E-state index is -0.207. The molecule has 1 aromatic heterocycles. The summed E-state index contributed by atoms with van der Waals surface area (Å²) in [4.78, 5) is 17.0. The first-order valence-electron chi connectivity index (χ1n) is 6.85. The van der Waals surface area contributed by atoms with Crippen molar-refractivity contribution in [1.29, 1.82) is 0 Å². The molecule has 2 heterocycles. The van der Waals surface area contributed by atoms with Crippen molar-refractivity contribution in [2.75, 3.05) is 5.32 Å². The second-order valence-corrected chi connectivity index (χ2v) is 6.06. The van der Waals surface area contributed by atoms with E-state index in [-0.39, 0.29) is 11.9 Å². The van der Waals surface area contributed by atoms with Gasteiger partial charge in [-0.3, -0.25) is 4.79 Å². The highest BCUT2D eigenvalue weighted by Crippen LogP contribution is 2.35. The molecule has 0 saturated heterocycles. The van der Waals surface area contributed by atoms with Crippen LogP contribution in [0.2, 0.25) is 10.0 Å². The number of hydrogen-bond acceptors (Lipinski definition) is 3. The number of halogens is 2. The SMILES string of the molecule is O=C1CC(c2ccc(Cl)cc2Cl)Nc2nc3ccccc3n21. The topological polar surface area (TPSA) is 46.9 Å². The van der Waals surface area contributed by atoms with Crippen LogP contribution in [0.25, 0.3) is 11.0 Å². The van der Waals surface area contributed by atoms with Gasteiger partial charge in [0.15, 0.2) is 0 Å². The summed E-state index contributed by atoms with van der Waals surface area (Å²) in [7, 11) is 0. The lowest BCUT2D eigenvalue weighted by Gasteiger charge is -2.25. The Balaban J connectivity index is 1.80. The zero-order valence-corrected chi connectivity index (χ0v) is 12.9. The molecule has 0 fully saturated rings. The third-order valence-corrected chi connectivity index (χ3v) is 4.39. The zero-order valence-electron chi connectivity index (χ0n) is 11.4. The van der Waals surface area contributed by atoms with Crippen LogP contribution in [-0.2, 0) is 0 Å². The first kappa shape index (κ1) is 13.6. The molecule has 1 atom stereocenters. The first-order chi connectivity index (χ1) is 10.6. The predicted molar refractivity (Wildman–Crippen MR) is 87.8 cm³/mol. The van der Waals surface area contributed by atoms with Crippen LogP contribution in [0.1, 0.15) is 22.8 Å². The lowest BCUT2D eigenvalue weighted by molar-refractivity contribution is 0.0893. The Labute approximate surface area is 136 Å². The van der Waals surface area contributed by atoms with Crippen molar-refractivity contribution in [2.45, 2.75) is 12.5 Å². The van der Waals surface area contributed by atoms with E-state index in [9.17, 15) is 4.79 Å². The molecule has 110 valence electrons. The van der Waals surface area contributed by atoms with Crippen molar-refractivity contribution >= 4 is 46.1 Å². The number of nitrogens with zero attached hydrogens (tertiary/aromatic N) is 2. The van der Waals surface area contributed by atoms with Crippen molar-refractivity contribution in [3.8, 4) is 0 Å². The molecule has 0 saturated carbocycles. The Hall–Kier alpha value is -2.04. The van der Waals surface area contributed by atoms with Gasteiger partial charge < -0.3 is 5.32 Å². The number of hydrogen-bond donors (Lipinski definition) is 1. The summed E-state index contributed by atoms with van der Waals surface area (Å²) in [6.45, 7) is 0. The second kappa shape index (κ2) is 5.00. The minimum absolute atomic E-state index is 0.00142. The predicted octanol–water partition coefficient (Wildman–Crippen LogP) is 4.54. The average molecular weight is 332 g/mol. The van der Waals surface area contributed by atoms with E-state index in [1.807, 2.05) is 30.3 Å². The molecule has 22 heavy (non-hydrogen) atoms. The third-order valence-electron chi connectivity index (χ3n) is 3.83. The molecule has 0 amide bonds. The molecule has 4 nitrogen and oxygen atoms in total. The summed E-state index contributed by atoms with van der Waals surface area (Å²) >= 11 is 12.2. The summed E-state index contributed by atoms with van der Waals surface area (Å²) in [6, 6.07) is 12.7. The van der Waals surface area contributed by atoms with Crippen LogP contribution in [0.15, 0.2) is 42.5 Å². The van der Waals surface area contributed by atoms with Gasteiger partial charge in [0.25, 0.3) is 0 Å². The summed E-state index contributed by atoms with van der Waals surface area (Å²) in [5.74, 6) is 0.548. The molecule has 0 spiro atoms. The van der Waals surface area contributed by atoms with Crippen LogP contribution in [0.5, 0.6) is 0 Å². The fraction of sp³-hybridized carbons (Fsp3) is 0.125. The highest BCUT2D eigenvalue weighted by atomic mass is 35.5. The summed E-state index contributed by atoms with van der Waals surface area (Å²) in [6.07, 6.45) is 0.314. The Morgan fingerprint density at radius 3 is 2.82 bits per heavy atom. The zero-order chi connectivity index (χ0) is 15.3. The van der Waals surface area contributed by atoms with Crippen molar-refractivity contribution in [3.63, 3.8) is 0 Å². The Morgan fingerprint density at radius 2 is 2.00 bits per heavy atom. The number of anilines is 1. The fourth-order valence-electron chi connectivity index (χ4n) is 2.82. The molecule has 0 radical (unpaired) electrons. The van der Waals surface area contributed by atoms with Crippen LogP contribution in [0.3, 0.4) is 0 Å². The third kappa shape index (κ3) is 2.07. The maximum absolute atomic E-state index is 12.5. The number of para-hydroxylation sites is 2. The van der Waals surface area contributed by atoms with Gasteiger partial charge in [-0.15, -0.1) is 0 Å². The smallest absolute Gasteiger partial charge is 0.236 e. The van der Waals surface area contributed by atoms with E-state index in [1.54, 1.807) is 16.7 Å². The van der Waals surface area contributed by atoms with Gasteiger partial charge in [0.2, 0.25) is 11.9 Å². The highest BCUT2D eigenvalue weighted by molar-refractivity contribution is 6.35. The normalized spacial score (nSPS) is 17.4. The molecule has 0 aliphatic carbocycles. The van der Waals surface area contributed by atoms with Gasteiger partial charge in [0, 0.05) is 10.0 Å². The van der Waals surface area contributed by atoms with Gasteiger partial charge in [-0.2, -0.15) is 0 Å². The second-order valence-electron chi connectivity index (χ2n) is 5.22. The number of carbonyl (C=O) groups is 1. The molecule has 4 rings (SSSR count). The van der Waals surface area contributed by atoms with E-state index < -0.39 is 0 Å². The Morgan fingerprint density at radius 1 is 1.18 bits per heavy atom. The number of benzene rings is 2. The maximum atomic E-state index is 12.5. The van der Waals surface area contributed by atoms with Crippen LogP contribution in [0, 0.1) is 0 Å². The number of nitrogens with one attached hydrogen (secondary N) is 1. The van der Waals surface area contributed by atoms with E-state index >= 15 is 0 Å². The fourth-order valence-corrected chi connectivity index (χ4v) is 3.36. The van der Waals surface area contributed by atoms with Crippen molar-refractivity contribution < 1.29 is 4.79 Å². The number of imidazole rings is 1. The van der Waals surface area contributed by atoms with Gasteiger partial charge in [0.05, 0.1) is 23.5 Å². The molecule has 6 heteroatoms. The highest BCUT2D eigenvalue weighted by Gasteiger charge is 2.29. The Kier molecular flexibility index (Phi) is 3.10. The van der Waals surface area contributed by atoms with Gasteiger partial charge >= 0.3 is 0 Å². The van der Waals surface area contributed by atoms with Crippen LogP contribution >= 0.6 is 23.2 Å². The lowest BCUT2D eigenvalue weighted by atomic mass is 10.0. The van der Waals surface area contributed by atoms with Crippen molar-refractivity contribution in [1.82, 2.24) is 9.55 Å². The van der Waals surface area contributed by atoms with Gasteiger partial charge in [-0.1, -0.05) is 41.4 Å². The molecule has 1 N–H and O–H groups in total. The van der Waals surface area contributed by atoms with E-state index in [2.05, 4.69) is 10.3 Å². The van der Waals surface area contributed by atoms with E-state index in [0.717, 1.165) is 16.6 Å². The van der Waals surface area contributed by atoms with Crippen molar-refractivity contribution in [3.05, 3.63) is 58.1 Å². The van der Waals surface area contributed by atoms with E-state index in [0.29, 0.717) is 22.4 Å². The number of fused-ring (bicyclic) bond motifs is 3. The first-order valence-corrected chi connectivity index (χ1v) is 7.61. The summed E-state index contributed by atoms with van der Waals surface area (Å²) in [5.41, 5.74) is 2.45. The Bertz CT molecular complexity index is 904. The molecular weight excluding hydrogens is 321 g/mol. The van der Waals surface area contributed by atoms with Crippen LogP contribution < -0.4 is 5.32 Å². The molecule has 3 aromatic rings. The standard InChI is InChI=1S/C16H11Cl2N3O/c17-9-5-6-10(11(18)7-9)13-8-15(22)21-14-4-2-1-3-12(14)19-16(21)20-13/h1-7,13H,8H2,(H,19,20). The van der Waals surface area contributed by atoms with Crippen LogP contribution in [0.4, 0.5) is 5.95 Å². The monoisotopic (exact) mass is 331 g/mol. The van der Waals surface area contributed by atoms with Gasteiger partial charge in [-0.25, -0.2) is 9.55 Å². The number of aromatic nitrogens is 2. The molecular formula is C16H11Cl2N3O. The number of carbonyl (C=O) groups excluding carboxylic acids is 1. The minimum Gasteiger partial charge on any atom is -0.348 e. The molecule has 1 unspecified atom stereocenters. The van der Waals surface area contributed by atoms with E-state index in [4.69, 9.17) is 23.2 Å². The molecule has 1 aliphatic rings. The van der Waals surface area contributed by atoms with E-state index in [1.165, 1.54) is 0 Å². The molecule has 1 aliphatic heterocycles. The van der Waals surface area contributed by atoms with Gasteiger partial charge in [0.1, 0.15) is 0 Å². The van der Waals surface area contributed by atoms with Gasteiger partial charge in [-0.05, 0) is 29.8 Å². The molecule has 2 aromatic carbocycles. The number of rotatable bonds is 1. The molecule has 0 bridgehead atoms. The average Bonchev–Trinajstić information content (AvgIpc) is 2.85. The maximum Gasteiger partial charge on any atom is 0.236 e. The van der Waals surface area contributed by atoms with Crippen molar-refractivity contribution in [2.24, 2.45) is 0 Å². The lowest BCUT2D eigenvalue weighted by Crippen LogP contribution is -2.28. The summed E-state index contributed by atoms with van der Waals surface area (Å²) in [5, 5.41) is 4.41.